The maximum absolute atomic E-state index is 3.05. The Hall–Kier alpha value is -0.0400. The Labute approximate surface area is 129 Å². The summed E-state index contributed by atoms with van der Waals surface area (Å²) in [7, 11) is 0. The lowest BCUT2D eigenvalue weighted by atomic mass is 9.51. The first-order valence-electron chi connectivity index (χ1n) is 10.1. The van der Waals surface area contributed by atoms with Crippen molar-refractivity contribution in [2.24, 2.45) is 41.4 Å². The third-order valence-corrected chi connectivity index (χ3v) is 8.93. The lowest BCUT2D eigenvalue weighted by Gasteiger charge is -2.59. The molecule has 21 heavy (non-hydrogen) atoms. The van der Waals surface area contributed by atoms with E-state index in [2.05, 4.69) is 5.32 Å². The summed E-state index contributed by atoms with van der Waals surface area (Å²) in [5.74, 6) is 7.92. The van der Waals surface area contributed by atoms with Crippen LogP contribution in [-0.4, -0.2) is 11.6 Å². The van der Waals surface area contributed by atoms with Gasteiger partial charge in [0.2, 0.25) is 0 Å². The summed E-state index contributed by atoms with van der Waals surface area (Å²) in [6.45, 7) is 0. The topological polar surface area (TPSA) is 16.6 Å². The van der Waals surface area contributed by atoms with Gasteiger partial charge in [-0.1, -0.05) is 0 Å². The van der Waals surface area contributed by atoms with Gasteiger partial charge in [0.15, 0.2) is 0 Å². The molecule has 8 aliphatic carbocycles. The van der Waals surface area contributed by atoms with Crippen LogP contribution in [0.3, 0.4) is 0 Å². The summed E-state index contributed by atoms with van der Waals surface area (Å²) in [4.78, 5) is 0. The standard InChI is InChI=1S/C20H31N/c1-12-5-17-7-13(1)8-18(6-12)19(17)21-20-9-14-2-15(10-20)4-16(3-14)11-20/h12-19,21H,1-11H2/p+1. The second-order valence-electron chi connectivity index (χ2n) is 10.5. The lowest BCUT2D eigenvalue weighted by molar-refractivity contribution is -0.782. The van der Waals surface area contributed by atoms with Crippen molar-refractivity contribution in [2.75, 3.05) is 0 Å². The fourth-order valence-electron chi connectivity index (χ4n) is 9.03. The normalized spacial score (nSPS) is 63.4. The molecular formula is C20H32N+. The molecule has 0 heterocycles. The van der Waals surface area contributed by atoms with Gasteiger partial charge in [-0.15, -0.1) is 0 Å². The van der Waals surface area contributed by atoms with E-state index in [1.807, 2.05) is 0 Å². The van der Waals surface area contributed by atoms with Crippen LogP contribution < -0.4 is 5.32 Å². The summed E-state index contributed by atoms with van der Waals surface area (Å²) in [5.41, 5.74) is 0.731. The quantitative estimate of drug-likeness (QED) is 0.802. The number of quaternary nitrogens is 1. The van der Waals surface area contributed by atoms with Crippen LogP contribution in [0.25, 0.3) is 0 Å². The zero-order valence-corrected chi connectivity index (χ0v) is 13.5. The monoisotopic (exact) mass is 286 g/mol. The second-order valence-corrected chi connectivity index (χ2v) is 10.5. The molecule has 0 aromatic carbocycles. The molecule has 0 saturated heterocycles. The first-order valence-corrected chi connectivity index (χ1v) is 10.1. The molecular weight excluding hydrogens is 254 g/mol. The SMILES string of the molecule is C1C2CC3CC1CC(C2)C3[NH2+]C12CC3CC(CC(C3)C1)C2. The van der Waals surface area contributed by atoms with Crippen LogP contribution >= 0.6 is 0 Å². The van der Waals surface area contributed by atoms with Gasteiger partial charge in [-0.3, -0.25) is 0 Å². The van der Waals surface area contributed by atoms with E-state index in [9.17, 15) is 0 Å². The average molecular weight is 286 g/mol. The molecule has 0 atom stereocenters. The molecule has 8 aliphatic rings. The van der Waals surface area contributed by atoms with E-state index in [0.29, 0.717) is 0 Å². The molecule has 0 aromatic heterocycles. The summed E-state index contributed by atoms with van der Waals surface area (Å²) < 4.78 is 0. The zero-order valence-electron chi connectivity index (χ0n) is 13.5. The molecule has 0 amide bonds. The number of hydrogen-bond donors (Lipinski definition) is 1. The molecule has 0 unspecified atom stereocenters. The predicted molar refractivity (Wildman–Crippen MR) is 83.7 cm³/mol. The fraction of sp³-hybridized carbons (Fsp3) is 1.00. The van der Waals surface area contributed by atoms with Gasteiger partial charge in [0, 0.05) is 31.1 Å². The molecule has 1 nitrogen and oxygen atoms in total. The van der Waals surface area contributed by atoms with Crippen LogP contribution in [0.15, 0.2) is 0 Å². The molecule has 8 bridgehead atoms. The van der Waals surface area contributed by atoms with Crippen molar-refractivity contribution in [3.63, 3.8) is 0 Å². The van der Waals surface area contributed by atoms with E-state index in [0.717, 1.165) is 53.0 Å². The number of nitrogens with two attached hydrogens (primary N) is 1. The highest BCUT2D eigenvalue weighted by Gasteiger charge is 2.57. The van der Waals surface area contributed by atoms with Crippen LogP contribution in [0.2, 0.25) is 0 Å². The van der Waals surface area contributed by atoms with E-state index in [1.165, 1.54) is 0 Å². The summed E-state index contributed by atoms with van der Waals surface area (Å²) in [6, 6.07) is 1.05. The van der Waals surface area contributed by atoms with Crippen molar-refractivity contribution in [3.8, 4) is 0 Å². The van der Waals surface area contributed by atoms with Crippen molar-refractivity contribution in [1.82, 2.24) is 0 Å². The Bertz CT molecular complexity index is 389. The molecule has 116 valence electrons. The Morgan fingerprint density at radius 1 is 0.524 bits per heavy atom. The van der Waals surface area contributed by atoms with Crippen LogP contribution in [0.5, 0.6) is 0 Å². The van der Waals surface area contributed by atoms with Crippen molar-refractivity contribution in [2.45, 2.75) is 82.2 Å². The van der Waals surface area contributed by atoms with Gasteiger partial charge in [0.05, 0.1) is 11.6 Å². The summed E-state index contributed by atoms with van der Waals surface area (Å²) >= 11 is 0. The zero-order chi connectivity index (χ0) is 13.6. The second kappa shape index (κ2) is 4.08. The minimum absolute atomic E-state index is 0.731. The van der Waals surface area contributed by atoms with Gasteiger partial charge in [-0.05, 0) is 81.0 Å². The molecule has 1 heteroatoms. The van der Waals surface area contributed by atoms with Gasteiger partial charge < -0.3 is 5.32 Å². The van der Waals surface area contributed by atoms with E-state index < -0.39 is 0 Å². The largest absolute Gasteiger partial charge is 0.338 e. The number of hydrogen-bond acceptors (Lipinski definition) is 0. The maximum atomic E-state index is 3.05. The van der Waals surface area contributed by atoms with Gasteiger partial charge in [0.1, 0.15) is 0 Å². The minimum Gasteiger partial charge on any atom is -0.338 e. The van der Waals surface area contributed by atoms with E-state index in [1.54, 1.807) is 70.6 Å². The average Bonchev–Trinajstić information content (AvgIpc) is 2.40. The summed E-state index contributed by atoms with van der Waals surface area (Å²) in [6.07, 6.45) is 17.7. The van der Waals surface area contributed by atoms with Crippen LogP contribution in [0.1, 0.15) is 70.6 Å². The van der Waals surface area contributed by atoms with Crippen molar-refractivity contribution >= 4 is 0 Å². The number of rotatable bonds is 2. The first-order chi connectivity index (χ1) is 10.2. The lowest BCUT2D eigenvalue weighted by Crippen LogP contribution is -3.05. The molecule has 0 aromatic rings. The van der Waals surface area contributed by atoms with Crippen LogP contribution in [0, 0.1) is 41.4 Å². The van der Waals surface area contributed by atoms with Crippen molar-refractivity contribution in [1.29, 1.82) is 0 Å². The Morgan fingerprint density at radius 3 is 1.43 bits per heavy atom. The third-order valence-electron chi connectivity index (χ3n) is 8.93. The van der Waals surface area contributed by atoms with Gasteiger partial charge in [0.25, 0.3) is 0 Å². The smallest absolute Gasteiger partial charge is 0.0971 e. The van der Waals surface area contributed by atoms with E-state index in [4.69, 9.17) is 0 Å². The molecule has 0 spiro atoms. The van der Waals surface area contributed by atoms with Gasteiger partial charge in [-0.25, -0.2) is 0 Å². The van der Waals surface area contributed by atoms with E-state index in [-0.39, 0.29) is 0 Å². The van der Waals surface area contributed by atoms with E-state index >= 15 is 0 Å². The Kier molecular flexibility index (Phi) is 2.40. The molecule has 2 N–H and O–H groups in total. The highest BCUT2D eigenvalue weighted by atomic mass is 15.0. The maximum Gasteiger partial charge on any atom is 0.0971 e. The highest BCUT2D eigenvalue weighted by Crippen LogP contribution is 2.56. The highest BCUT2D eigenvalue weighted by molar-refractivity contribution is 5.04. The molecule has 8 rings (SSSR count). The van der Waals surface area contributed by atoms with Crippen molar-refractivity contribution < 1.29 is 5.32 Å². The predicted octanol–water partition coefficient (Wildman–Crippen LogP) is 3.34. The molecule has 0 aliphatic heterocycles. The van der Waals surface area contributed by atoms with Gasteiger partial charge in [-0.2, -0.15) is 0 Å². The minimum atomic E-state index is 0.731. The molecule has 0 radical (unpaired) electrons. The van der Waals surface area contributed by atoms with Gasteiger partial charge >= 0.3 is 0 Å². The Morgan fingerprint density at radius 2 is 0.952 bits per heavy atom. The van der Waals surface area contributed by atoms with Crippen LogP contribution in [-0.2, 0) is 0 Å². The Balaban J connectivity index is 1.27. The first kappa shape index (κ1) is 12.4. The molecule has 8 saturated carbocycles. The van der Waals surface area contributed by atoms with Crippen LogP contribution in [0.4, 0.5) is 0 Å². The molecule has 8 fully saturated rings. The summed E-state index contributed by atoms with van der Waals surface area (Å²) in [5, 5.41) is 3.05. The third kappa shape index (κ3) is 1.79. The fourth-order valence-corrected chi connectivity index (χ4v) is 9.03. The van der Waals surface area contributed by atoms with Crippen molar-refractivity contribution in [3.05, 3.63) is 0 Å².